The number of para-hydroxylation sites is 1. The first-order chi connectivity index (χ1) is 12.6. The molecule has 1 amide bonds. The molecule has 0 unspecified atom stereocenters. The van der Waals surface area contributed by atoms with Crippen LogP contribution in [-0.4, -0.2) is 21.2 Å². The number of anilines is 1. The smallest absolute Gasteiger partial charge is 0.261 e. The topological polar surface area (TPSA) is 81.1 Å². The van der Waals surface area contributed by atoms with Crippen LogP contribution in [0.25, 0.3) is 10.9 Å². The second-order valence-corrected chi connectivity index (χ2v) is 5.99. The SMILES string of the molecule is CCCC(=O)Nc1ccc(C(=O)Cn2cnc3ccccc3c2=O)cc1. The third kappa shape index (κ3) is 3.85. The number of ketones is 1. The van der Waals surface area contributed by atoms with E-state index in [2.05, 4.69) is 10.3 Å². The second-order valence-electron chi connectivity index (χ2n) is 5.99. The predicted octanol–water partition coefficient (Wildman–Crippen LogP) is 3.02. The highest BCUT2D eigenvalue weighted by molar-refractivity contribution is 5.97. The molecule has 26 heavy (non-hydrogen) atoms. The van der Waals surface area contributed by atoms with Gasteiger partial charge in [-0.2, -0.15) is 0 Å². The summed E-state index contributed by atoms with van der Waals surface area (Å²) in [6.45, 7) is 1.85. The van der Waals surface area contributed by atoms with Gasteiger partial charge in [-0.15, -0.1) is 0 Å². The lowest BCUT2D eigenvalue weighted by molar-refractivity contribution is -0.116. The Labute approximate surface area is 150 Å². The fourth-order valence-corrected chi connectivity index (χ4v) is 2.65. The van der Waals surface area contributed by atoms with E-state index in [1.54, 1.807) is 42.5 Å². The van der Waals surface area contributed by atoms with Gasteiger partial charge < -0.3 is 5.32 Å². The summed E-state index contributed by atoms with van der Waals surface area (Å²) in [5.41, 5.74) is 1.48. The number of nitrogens with one attached hydrogen (secondary N) is 1. The molecular weight excluding hydrogens is 330 g/mol. The molecule has 0 bridgehead atoms. The molecular formula is C20H19N3O3. The van der Waals surface area contributed by atoms with Crippen LogP contribution in [0.5, 0.6) is 0 Å². The lowest BCUT2D eigenvalue weighted by Gasteiger charge is -2.08. The molecule has 0 aliphatic heterocycles. The van der Waals surface area contributed by atoms with E-state index in [1.807, 2.05) is 13.0 Å². The maximum absolute atomic E-state index is 12.5. The van der Waals surface area contributed by atoms with Crippen LogP contribution < -0.4 is 10.9 Å². The first kappa shape index (κ1) is 17.5. The summed E-state index contributed by atoms with van der Waals surface area (Å²) in [6, 6.07) is 13.7. The normalized spacial score (nSPS) is 10.7. The molecule has 0 radical (unpaired) electrons. The minimum Gasteiger partial charge on any atom is -0.326 e. The molecule has 1 heterocycles. The molecule has 0 aliphatic rings. The number of carbonyl (C=O) groups excluding carboxylic acids is 2. The molecule has 0 saturated carbocycles. The average molecular weight is 349 g/mol. The van der Waals surface area contributed by atoms with E-state index >= 15 is 0 Å². The van der Waals surface area contributed by atoms with E-state index in [4.69, 9.17) is 0 Å². The highest BCUT2D eigenvalue weighted by atomic mass is 16.2. The average Bonchev–Trinajstić information content (AvgIpc) is 2.65. The number of hydrogen-bond acceptors (Lipinski definition) is 4. The third-order valence-corrected chi connectivity index (χ3v) is 4.01. The van der Waals surface area contributed by atoms with Gasteiger partial charge in [-0.05, 0) is 42.8 Å². The van der Waals surface area contributed by atoms with Gasteiger partial charge in [-0.1, -0.05) is 19.1 Å². The van der Waals surface area contributed by atoms with Crippen LogP contribution >= 0.6 is 0 Å². The second kappa shape index (κ2) is 7.74. The van der Waals surface area contributed by atoms with Gasteiger partial charge in [0.15, 0.2) is 5.78 Å². The maximum atomic E-state index is 12.5. The van der Waals surface area contributed by atoms with Crippen LogP contribution in [0.2, 0.25) is 0 Å². The Bertz CT molecular complexity index is 1010. The minimum absolute atomic E-state index is 0.0552. The molecule has 0 atom stereocenters. The van der Waals surface area contributed by atoms with Crippen LogP contribution in [0.4, 0.5) is 5.69 Å². The molecule has 3 aromatic rings. The summed E-state index contributed by atoms with van der Waals surface area (Å²) in [5, 5.41) is 3.26. The molecule has 3 rings (SSSR count). The number of hydrogen-bond donors (Lipinski definition) is 1. The number of amides is 1. The molecule has 2 aromatic carbocycles. The first-order valence-corrected chi connectivity index (χ1v) is 8.46. The molecule has 0 spiro atoms. The number of Topliss-reactive ketones (excluding diaryl/α,β-unsaturated/α-hetero) is 1. The van der Waals surface area contributed by atoms with Crippen LogP contribution in [0, 0.1) is 0 Å². The van der Waals surface area contributed by atoms with Gasteiger partial charge in [0.25, 0.3) is 5.56 Å². The van der Waals surface area contributed by atoms with Crippen molar-refractivity contribution in [3.63, 3.8) is 0 Å². The van der Waals surface area contributed by atoms with Crippen LogP contribution in [0.1, 0.15) is 30.1 Å². The van der Waals surface area contributed by atoms with Gasteiger partial charge in [-0.25, -0.2) is 4.98 Å². The van der Waals surface area contributed by atoms with E-state index < -0.39 is 0 Å². The molecule has 132 valence electrons. The molecule has 1 N–H and O–H groups in total. The largest absolute Gasteiger partial charge is 0.326 e. The Kier molecular flexibility index (Phi) is 5.22. The summed E-state index contributed by atoms with van der Waals surface area (Å²) in [5.74, 6) is -0.254. The number of rotatable bonds is 6. The molecule has 6 heteroatoms. The Morgan fingerprint density at radius 3 is 2.54 bits per heavy atom. The summed E-state index contributed by atoms with van der Waals surface area (Å²) in [7, 11) is 0. The molecule has 0 saturated heterocycles. The molecule has 0 fully saturated rings. The van der Waals surface area contributed by atoms with Crippen molar-refractivity contribution in [3.8, 4) is 0 Å². The van der Waals surface area contributed by atoms with E-state index in [9.17, 15) is 14.4 Å². The zero-order chi connectivity index (χ0) is 18.5. The standard InChI is InChI=1S/C20H19N3O3/c1-2-5-19(25)22-15-10-8-14(9-11-15)18(24)12-23-13-21-17-7-4-3-6-16(17)20(23)26/h3-4,6-11,13H,2,5,12H2,1H3,(H,22,25). The monoisotopic (exact) mass is 349 g/mol. The Morgan fingerprint density at radius 2 is 1.81 bits per heavy atom. The lowest BCUT2D eigenvalue weighted by atomic mass is 10.1. The van der Waals surface area contributed by atoms with Crippen LogP contribution in [0.3, 0.4) is 0 Å². The summed E-state index contributed by atoms with van der Waals surface area (Å²) >= 11 is 0. The van der Waals surface area contributed by atoms with Crippen molar-refractivity contribution in [1.29, 1.82) is 0 Å². The van der Waals surface area contributed by atoms with Crippen molar-refractivity contribution in [2.75, 3.05) is 5.32 Å². The fraction of sp³-hybridized carbons (Fsp3) is 0.200. The van der Waals surface area contributed by atoms with E-state index in [-0.39, 0.29) is 23.8 Å². The predicted molar refractivity (Wildman–Crippen MR) is 100 cm³/mol. The Morgan fingerprint density at radius 1 is 1.08 bits per heavy atom. The van der Waals surface area contributed by atoms with Gasteiger partial charge in [0, 0.05) is 17.7 Å². The number of benzene rings is 2. The molecule has 6 nitrogen and oxygen atoms in total. The van der Waals surface area contributed by atoms with Gasteiger partial charge in [-0.3, -0.25) is 19.0 Å². The van der Waals surface area contributed by atoms with Crippen LogP contribution in [-0.2, 0) is 11.3 Å². The molecule has 1 aromatic heterocycles. The van der Waals surface area contributed by atoms with Crippen molar-refractivity contribution in [3.05, 3.63) is 70.8 Å². The van der Waals surface area contributed by atoms with Gasteiger partial charge in [0.2, 0.25) is 5.91 Å². The van der Waals surface area contributed by atoms with E-state index in [1.165, 1.54) is 10.9 Å². The molecule has 0 aliphatic carbocycles. The van der Waals surface area contributed by atoms with Gasteiger partial charge >= 0.3 is 0 Å². The zero-order valence-electron chi connectivity index (χ0n) is 14.4. The quantitative estimate of drug-likeness (QED) is 0.694. The summed E-state index contributed by atoms with van der Waals surface area (Å²) in [6.07, 6.45) is 2.62. The Balaban J connectivity index is 1.75. The number of nitrogens with zero attached hydrogens (tertiary/aromatic N) is 2. The minimum atomic E-state index is -0.243. The van der Waals surface area contributed by atoms with E-state index in [0.717, 1.165) is 6.42 Å². The van der Waals surface area contributed by atoms with Gasteiger partial charge in [0.05, 0.1) is 23.8 Å². The first-order valence-electron chi connectivity index (χ1n) is 8.46. The summed E-state index contributed by atoms with van der Waals surface area (Å²) < 4.78 is 1.31. The van der Waals surface area contributed by atoms with E-state index in [0.29, 0.717) is 28.6 Å². The third-order valence-electron chi connectivity index (χ3n) is 4.01. The van der Waals surface area contributed by atoms with Crippen LogP contribution in [0.15, 0.2) is 59.7 Å². The zero-order valence-corrected chi connectivity index (χ0v) is 14.4. The summed E-state index contributed by atoms with van der Waals surface area (Å²) in [4.78, 5) is 40.7. The number of carbonyl (C=O) groups is 2. The van der Waals surface area contributed by atoms with Crippen molar-refractivity contribution in [2.24, 2.45) is 0 Å². The Hall–Kier alpha value is -3.28. The number of fused-ring (bicyclic) bond motifs is 1. The lowest BCUT2D eigenvalue weighted by Crippen LogP contribution is -2.24. The van der Waals surface area contributed by atoms with Crippen molar-refractivity contribution < 1.29 is 9.59 Å². The highest BCUT2D eigenvalue weighted by Gasteiger charge is 2.10. The van der Waals surface area contributed by atoms with Crippen molar-refractivity contribution in [2.45, 2.75) is 26.3 Å². The fourth-order valence-electron chi connectivity index (χ4n) is 2.65. The van der Waals surface area contributed by atoms with Gasteiger partial charge in [0.1, 0.15) is 0 Å². The van der Waals surface area contributed by atoms with Crippen molar-refractivity contribution in [1.82, 2.24) is 9.55 Å². The highest BCUT2D eigenvalue weighted by Crippen LogP contribution is 2.12. The maximum Gasteiger partial charge on any atom is 0.261 e. The number of aromatic nitrogens is 2. The van der Waals surface area contributed by atoms with Crippen molar-refractivity contribution >= 4 is 28.3 Å².